The maximum absolute atomic E-state index is 13.2. The Bertz CT molecular complexity index is 845. The summed E-state index contributed by atoms with van der Waals surface area (Å²) in [6.45, 7) is 7.16. The molecule has 3 rings (SSSR count). The van der Waals surface area contributed by atoms with Crippen LogP contribution in [0.25, 0.3) is 11.1 Å². The molecule has 0 atom stereocenters. The van der Waals surface area contributed by atoms with E-state index in [0.29, 0.717) is 21.7 Å². The van der Waals surface area contributed by atoms with E-state index in [-0.39, 0.29) is 18.3 Å². The number of benzene rings is 1. The first kappa shape index (κ1) is 21.4. The van der Waals surface area contributed by atoms with Gasteiger partial charge in [0.25, 0.3) is 0 Å². The number of nitrogens with zero attached hydrogens (tertiary/aromatic N) is 2. The number of hydrogen-bond acceptors (Lipinski definition) is 6. The molecule has 1 fully saturated rings. The summed E-state index contributed by atoms with van der Waals surface area (Å²) in [4.78, 5) is 29.5. The summed E-state index contributed by atoms with van der Waals surface area (Å²) < 4.78 is 18.2. The quantitative estimate of drug-likeness (QED) is 0.698. The second kappa shape index (κ2) is 9.96. The Morgan fingerprint density at radius 1 is 1.14 bits per heavy atom. The highest BCUT2D eigenvalue weighted by Gasteiger charge is 2.24. The van der Waals surface area contributed by atoms with Gasteiger partial charge in [0.2, 0.25) is 5.91 Å². The van der Waals surface area contributed by atoms with Crippen molar-refractivity contribution in [2.45, 2.75) is 13.3 Å². The zero-order valence-electron chi connectivity index (χ0n) is 16.7. The molecule has 6 nitrogen and oxygen atoms in total. The fourth-order valence-corrected chi connectivity index (χ4v) is 4.43. The molecule has 0 saturated carbocycles. The molecule has 0 unspecified atom stereocenters. The first-order chi connectivity index (χ1) is 14.0. The van der Waals surface area contributed by atoms with Gasteiger partial charge < -0.3 is 15.0 Å². The largest absolute Gasteiger partial charge is 0.465 e. The summed E-state index contributed by atoms with van der Waals surface area (Å²) in [5, 5.41) is 5.09. The Kier molecular flexibility index (Phi) is 7.35. The molecule has 1 aliphatic heterocycles. The van der Waals surface area contributed by atoms with Crippen LogP contribution in [0.1, 0.15) is 23.7 Å². The zero-order valence-corrected chi connectivity index (χ0v) is 17.6. The lowest BCUT2D eigenvalue weighted by Crippen LogP contribution is -2.48. The number of carbonyl (C=O) groups excluding carboxylic acids is 2. The van der Waals surface area contributed by atoms with Crippen LogP contribution >= 0.6 is 11.3 Å². The van der Waals surface area contributed by atoms with Crippen molar-refractivity contribution in [1.29, 1.82) is 0 Å². The lowest BCUT2D eigenvalue weighted by Gasteiger charge is -2.34. The van der Waals surface area contributed by atoms with Crippen LogP contribution < -0.4 is 5.32 Å². The van der Waals surface area contributed by atoms with Crippen molar-refractivity contribution in [1.82, 2.24) is 9.80 Å². The molecule has 2 heterocycles. The smallest absolute Gasteiger partial charge is 0.341 e. The highest BCUT2D eigenvalue weighted by atomic mass is 32.1. The molecule has 156 valence electrons. The minimum atomic E-state index is -0.533. The second-order valence-electron chi connectivity index (χ2n) is 7.02. The fraction of sp³-hybridized carbons (Fsp3) is 0.429. The molecule has 1 saturated heterocycles. The van der Waals surface area contributed by atoms with Gasteiger partial charge in [0.15, 0.2) is 0 Å². The number of hydrogen-bond donors (Lipinski definition) is 1. The second-order valence-corrected chi connectivity index (χ2v) is 7.90. The minimum absolute atomic E-state index is 0.161. The van der Waals surface area contributed by atoms with Crippen molar-refractivity contribution in [2.24, 2.45) is 0 Å². The van der Waals surface area contributed by atoms with E-state index in [9.17, 15) is 14.0 Å². The molecule has 0 radical (unpaired) electrons. The fourth-order valence-electron chi connectivity index (χ4n) is 3.45. The van der Waals surface area contributed by atoms with E-state index in [2.05, 4.69) is 22.0 Å². The van der Waals surface area contributed by atoms with Gasteiger partial charge in [0, 0.05) is 37.1 Å². The van der Waals surface area contributed by atoms with Gasteiger partial charge in [0.1, 0.15) is 16.4 Å². The van der Waals surface area contributed by atoms with Crippen molar-refractivity contribution >= 4 is 28.2 Å². The molecule has 2 aromatic rings. The van der Waals surface area contributed by atoms with E-state index >= 15 is 0 Å². The SMILES string of the molecule is CCCN1CCN(CC(=O)Nc2scc(-c3ccc(F)cc3)c2C(=O)OC)CC1. The van der Waals surface area contributed by atoms with Gasteiger partial charge in [-0.2, -0.15) is 0 Å². The number of rotatable bonds is 7. The van der Waals surface area contributed by atoms with E-state index in [1.165, 1.54) is 30.6 Å². The zero-order chi connectivity index (χ0) is 20.8. The third kappa shape index (κ3) is 5.41. The van der Waals surface area contributed by atoms with Gasteiger partial charge >= 0.3 is 5.97 Å². The van der Waals surface area contributed by atoms with Crippen molar-refractivity contribution in [3.8, 4) is 11.1 Å². The Labute approximate surface area is 174 Å². The number of amides is 1. The highest BCUT2D eigenvalue weighted by molar-refractivity contribution is 7.15. The summed E-state index contributed by atoms with van der Waals surface area (Å²) >= 11 is 1.26. The highest BCUT2D eigenvalue weighted by Crippen LogP contribution is 2.36. The van der Waals surface area contributed by atoms with E-state index in [0.717, 1.165) is 39.1 Å². The van der Waals surface area contributed by atoms with Gasteiger partial charge in [-0.25, -0.2) is 9.18 Å². The topological polar surface area (TPSA) is 61.9 Å². The number of ether oxygens (including phenoxy) is 1. The lowest BCUT2D eigenvalue weighted by molar-refractivity contribution is -0.117. The number of esters is 1. The maximum Gasteiger partial charge on any atom is 0.341 e. The van der Waals surface area contributed by atoms with E-state index < -0.39 is 5.97 Å². The van der Waals surface area contributed by atoms with E-state index in [4.69, 9.17) is 4.74 Å². The Morgan fingerprint density at radius 2 is 1.79 bits per heavy atom. The van der Waals surface area contributed by atoms with Crippen LogP contribution in [-0.2, 0) is 9.53 Å². The average molecular weight is 420 g/mol. The maximum atomic E-state index is 13.2. The molecule has 0 aliphatic carbocycles. The van der Waals surface area contributed by atoms with Gasteiger partial charge in [0.05, 0.1) is 13.7 Å². The average Bonchev–Trinajstić information content (AvgIpc) is 3.13. The van der Waals surface area contributed by atoms with Crippen molar-refractivity contribution < 1.29 is 18.7 Å². The third-order valence-corrected chi connectivity index (χ3v) is 5.86. The number of halogens is 1. The molecule has 1 amide bonds. The number of anilines is 1. The van der Waals surface area contributed by atoms with Crippen LogP contribution in [0.3, 0.4) is 0 Å². The monoisotopic (exact) mass is 419 g/mol. The van der Waals surface area contributed by atoms with Crippen LogP contribution in [0.2, 0.25) is 0 Å². The molecule has 1 aliphatic rings. The molecule has 0 spiro atoms. The predicted octanol–water partition coefficient (Wildman–Crippen LogP) is 3.31. The van der Waals surface area contributed by atoms with Crippen LogP contribution in [0, 0.1) is 5.82 Å². The third-order valence-electron chi connectivity index (χ3n) is 4.96. The summed E-state index contributed by atoms with van der Waals surface area (Å²) in [5.74, 6) is -1.04. The summed E-state index contributed by atoms with van der Waals surface area (Å²) in [6, 6.07) is 5.88. The Morgan fingerprint density at radius 3 is 2.41 bits per heavy atom. The molecule has 29 heavy (non-hydrogen) atoms. The predicted molar refractivity (Wildman–Crippen MR) is 113 cm³/mol. The molecule has 0 bridgehead atoms. The molecular weight excluding hydrogens is 393 g/mol. The molecule has 1 aromatic heterocycles. The number of thiophene rings is 1. The number of piperazine rings is 1. The van der Waals surface area contributed by atoms with E-state index in [1.807, 2.05) is 0 Å². The van der Waals surface area contributed by atoms with Gasteiger partial charge in [-0.05, 0) is 30.7 Å². The normalized spacial score (nSPS) is 15.3. The number of carbonyl (C=O) groups is 2. The summed E-state index contributed by atoms with van der Waals surface area (Å²) in [6.07, 6.45) is 1.13. The molecule has 1 N–H and O–H groups in total. The standard InChI is InChI=1S/C21H26FN3O3S/c1-3-8-24-9-11-25(12-10-24)13-18(26)23-20-19(21(27)28-2)17(14-29-20)15-4-6-16(22)7-5-15/h4-7,14H,3,8-13H2,1-2H3,(H,23,26). The Hall–Kier alpha value is -2.29. The van der Waals surface area contributed by atoms with Gasteiger partial charge in [-0.3, -0.25) is 9.69 Å². The van der Waals surface area contributed by atoms with Crippen molar-refractivity contribution in [3.63, 3.8) is 0 Å². The summed E-state index contributed by atoms with van der Waals surface area (Å²) in [5.41, 5.74) is 1.60. The molecule has 8 heteroatoms. The van der Waals surface area contributed by atoms with Gasteiger partial charge in [-0.15, -0.1) is 11.3 Å². The first-order valence-electron chi connectivity index (χ1n) is 9.72. The van der Waals surface area contributed by atoms with Crippen LogP contribution in [0.15, 0.2) is 29.6 Å². The van der Waals surface area contributed by atoms with Crippen LogP contribution in [0.4, 0.5) is 9.39 Å². The number of methoxy groups -OCH3 is 1. The van der Waals surface area contributed by atoms with Crippen molar-refractivity contribution in [2.75, 3.05) is 51.7 Å². The van der Waals surface area contributed by atoms with Crippen LogP contribution in [0.5, 0.6) is 0 Å². The molecular formula is C21H26FN3O3S. The Balaban J connectivity index is 1.69. The van der Waals surface area contributed by atoms with Gasteiger partial charge in [-0.1, -0.05) is 19.1 Å². The number of nitrogens with one attached hydrogen (secondary N) is 1. The first-order valence-corrected chi connectivity index (χ1v) is 10.6. The lowest BCUT2D eigenvalue weighted by atomic mass is 10.0. The molecule has 1 aromatic carbocycles. The van der Waals surface area contributed by atoms with Crippen molar-refractivity contribution in [3.05, 3.63) is 41.0 Å². The van der Waals surface area contributed by atoms with E-state index in [1.54, 1.807) is 17.5 Å². The summed E-state index contributed by atoms with van der Waals surface area (Å²) in [7, 11) is 1.30. The minimum Gasteiger partial charge on any atom is -0.465 e. The van der Waals surface area contributed by atoms with Crippen LogP contribution in [-0.4, -0.2) is 68.1 Å².